The standard InChI is InChI=1S/C16H21NO/c1-9-5-10(2)14-11(6-9)17-12-7-16(3,4)8-13(18)15(12)14/h5-6,13,17-18H,7-8H2,1-4H3. The van der Waals surface area contributed by atoms with Crippen molar-refractivity contribution < 1.29 is 5.11 Å². The predicted octanol–water partition coefficient (Wildman–Crippen LogP) is 3.79. The van der Waals surface area contributed by atoms with E-state index in [0.29, 0.717) is 0 Å². The van der Waals surface area contributed by atoms with E-state index in [0.717, 1.165) is 18.4 Å². The van der Waals surface area contributed by atoms with Crippen LogP contribution in [0.2, 0.25) is 0 Å². The molecule has 18 heavy (non-hydrogen) atoms. The number of benzene rings is 1. The highest BCUT2D eigenvalue weighted by atomic mass is 16.3. The van der Waals surface area contributed by atoms with Gasteiger partial charge in [0, 0.05) is 22.2 Å². The van der Waals surface area contributed by atoms with E-state index in [1.807, 2.05) is 0 Å². The van der Waals surface area contributed by atoms with Crippen LogP contribution in [0.3, 0.4) is 0 Å². The Hall–Kier alpha value is -1.28. The number of H-pyrrole nitrogens is 1. The van der Waals surface area contributed by atoms with Crippen LogP contribution in [0.15, 0.2) is 12.1 Å². The molecule has 96 valence electrons. The number of aliphatic hydroxyl groups is 1. The summed E-state index contributed by atoms with van der Waals surface area (Å²) in [6.07, 6.45) is 1.53. The molecule has 2 aromatic rings. The lowest BCUT2D eigenvalue weighted by molar-refractivity contribution is 0.100. The molecule has 1 aromatic heterocycles. The summed E-state index contributed by atoms with van der Waals surface area (Å²) in [4.78, 5) is 3.52. The van der Waals surface area contributed by atoms with Gasteiger partial charge in [0.1, 0.15) is 0 Å². The van der Waals surface area contributed by atoms with Crippen molar-refractivity contribution in [3.8, 4) is 0 Å². The fourth-order valence-electron chi connectivity index (χ4n) is 3.49. The summed E-state index contributed by atoms with van der Waals surface area (Å²) in [5.41, 5.74) is 6.25. The Morgan fingerprint density at radius 1 is 1.28 bits per heavy atom. The van der Waals surface area contributed by atoms with Gasteiger partial charge in [-0.2, -0.15) is 0 Å². The van der Waals surface area contributed by atoms with Crippen LogP contribution in [0.25, 0.3) is 10.9 Å². The molecule has 1 aliphatic rings. The van der Waals surface area contributed by atoms with Crippen molar-refractivity contribution in [3.63, 3.8) is 0 Å². The van der Waals surface area contributed by atoms with E-state index < -0.39 is 0 Å². The van der Waals surface area contributed by atoms with Crippen molar-refractivity contribution in [2.75, 3.05) is 0 Å². The first-order valence-electron chi connectivity index (χ1n) is 6.67. The van der Waals surface area contributed by atoms with Crippen molar-refractivity contribution in [2.45, 2.75) is 46.6 Å². The maximum absolute atomic E-state index is 10.5. The van der Waals surface area contributed by atoms with Crippen LogP contribution in [0.1, 0.15) is 48.8 Å². The van der Waals surface area contributed by atoms with Gasteiger partial charge in [0.25, 0.3) is 0 Å². The SMILES string of the molecule is Cc1cc(C)c2c3c([nH]c2c1)CC(C)(C)CC3O. The molecule has 0 bridgehead atoms. The molecule has 0 radical (unpaired) electrons. The van der Waals surface area contributed by atoms with Crippen molar-refractivity contribution in [3.05, 3.63) is 34.5 Å². The molecule has 3 rings (SSSR count). The Morgan fingerprint density at radius 3 is 2.72 bits per heavy atom. The fraction of sp³-hybridized carbons (Fsp3) is 0.500. The molecular weight excluding hydrogens is 222 g/mol. The lowest BCUT2D eigenvalue weighted by Gasteiger charge is -2.33. The lowest BCUT2D eigenvalue weighted by atomic mass is 9.75. The molecule has 2 heteroatoms. The highest BCUT2D eigenvalue weighted by Gasteiger charge is 2.34. The molecule has 1 aliphatic carbocycles. The second-order valence-electron chi connectivity index (χ2n) is 6.58. The van der Waals surface area contributed by atoms with Crippen molar-refractivity contribution in [1.29, 1.82) is 0 Å². The van der Waals surface area contributed by atoms with Gasteiger partial charge in [0.2, 0.25) is 0 Å². The molecule has 0 saturated heterocycles. The predicted molar refractivity (Wildman–Crippen MR) is 74.8 cm³/mol. The van der Waals surface area contributed by atoms with Gasteiger partial charge in [0.15, 0.2) is 0 Å². The first-order valence-corrected chi connectivity index (χ1v) is 6.67. The smallest absolute Gasteiger partial charge is 0.0818 e. The normalized spacial score (nSPS) is 22.2. The van der Waals surface area contributed by atoms with E-state index in [2.05, 4.69) is 44.8 Å². The van der Waals surface area contributed by atoms with Crippen LogP contribution in [-0.4, -0.2) is 10.1 Å². The first-order chi connectivity index (χ1) is 8.37. The van der Waals surface area contributed by atoms with Crippen molar-refractivity contribution in [1.82, 2.24) is 4.98 Å². The maximum Gasteiger partial charge on any atom is 0.0818 e. The van der Waals surface area contributed by atoms with Gasteiger partial charge >= 0.3 is 0 Å². The number of hydrogen-bond acceptors (Lipinski definition) is 1. The van der Waals surface area contributed by atoms with E-state index in [1.165, 1.54) is 27.7 Å². The molecule has 0 spiro atoms. The summed E-state index contributed by atoms with van der Waals surface area (Å²) in [7, 11) is 0. The fourth-order valence-corrected chi connectivity index (χ4v) is 3.49. The Bertz CT molecular complexity index is 622. The van der Waals surface area contributed by atoms with E-state index in [1.54, 1.807) is 0 Å². The second-order valence-corrected chi connectivity index (χ2v) is 6.58. The number of rotatable bonds is 0. The van der Waals surface area contributed by atoms with Gasteiger partial charge in [-0.3, -0.25) is 0 Å². The van der Waals surface area contributed by atoms with Gasteiger partial charge < -0.3 is 10.1 Å². The molecule has 0 saturated carbocycles. The molecule has 0 fully saturated rings. The molecule has 2 nitrogen and oxygen atoms in total. The minimum atomic E-state index is -0.334. The summed E-state index contributed by atoms with van der Waals surface area (Å²) >= 11 is 0. The highest BCUT2D eigenvalue weighted by Crippen LogP contribution is 2.44. The highest BCUT2D eigenvalue weighted by molar-refractivity contribution is 5.89. The molecule has 1 heterocycles. The number of aromatic nitrogens is 1. The third-order valence-electron chi connectivity index (χ3n) is 4.09. The topological polar surface area (TPSA) is 36.0 Å². The van der Waals surface area contributed by atoms with E-state index in [9.17, 15) is 5.11 Å². The number of fused-ring (bicyclic) bond motifs is 3. The number of aliphatic hydroxyl groups excluding tert-OH is 1. The Labute approximate surface area is 108 Å². The van der Waals surface area contributed by atoms with E-state index in [4.69, 9.17) is 0 Å². The molecule has 1 unspecified atom stereocenters. The summed E-state index contributed by atoms with van der Waals surface area (Å²) < 4.78 is 0. The van der Waals surface area contributed by atoms with Gasteiger partial charge in [-0.05, 0) is 49.3 Å². The molecule has 1 aromatic carbocycles. The number of aryl methyl sites for hydroxylation is 2. The molecule has 1 atom stereocenters. The molecule has 0 amide bonds. The third kappa shape index (κ3) is 1.67. The zero-order valence-corrected chi connectivity index (χ0v) is 11.6. The van der Waals surface area contributed by atoms with Crippen LogP contribution in [-0.2, 0) is 6.42 Å². The van der Waals surface area contributed by atoms with Gasteiger partial charge in [0.05, 0.1) is 6.10 Å². The Morgan fingerprint density at radius 2 is 2.00 bits per heavy atom. The van der Waals surface area contributed by atoms with Crippen molar-refractivity contribution in [2.24, 2.45) is 5.41 Å². The van der Waals surface area contributed by atoms with Crippen LogP contribution in [0.4, 0.5) is 0 Å². The second kappa shape index (κ2) is 3.61. The summed E-state index contributed by atoms with van der Waals surface area (Å²) in [6.45, 7) is 8.70. The van der Waals surface area contributed by atoms with Crippen LogP contribution < -0.4 is 0 Å². The summed E-state index contributed by atoms with van der Waals surface area (Å²) in [5.74, 6) is 0. The number of nitrogens with one attached hydrogen (secondary N) is 1. The quantitative estimate of drug-likeness (QED) is 0.725. The summed E-state index contributed by atoms with van der Waals surface area (Å²) in [6, 6.07) is 4.38. The average Bonchev–Trinajstić information content (AvgIpc) is 2.53. The van der Waals surface area contributed by atoms with Crippen LogP contribution >= 0.6 is 0 Å². The summed E-state index contributed by atoms with van der Waals surface area (Å²) in [5, 5.41) is 11.7. The van der Waals surface area contributed by atoms with Gasteiger partial charge in [-0.25, -0.2) is 0 Å². The van der Waals surface area contributed by atoms with Gasteiger partial charge in [-0.1, -0.05) is 19.9 Å². The number of aromatic amines is 1. The number of hydrogen-bond donors (Lipinski definition) is 2. The van der Waals surface area contributed by atoms with Crippen LogP contribution in [0, 0.1) is 19.3 Å². The average molecular weight is 243 g/mol. The monoisotopic (exact) mass is 243 g/mol. The zero-order chi connectivity index (χ0) is 13.1. The minimum Gasteiger partial charge on any atom is -0.388 e. The van der Waals surface area contributed by atoms with E-state index in [-0.39, 0.29) is 11.5 Å². The molecule has 2 N–H and O–H groups in total. The molecule has 0 aliphatic heterocycles. The largest absolute Gasteiger partial charge is 0.388 e. The van der Waals surface area contributed by atoms with Crippen LogP contribution in [0.5, 0.6) is 0 Å². The minimum absolute atomic E-state index is 0.177. The van der Waals surface area contributed by atoms with E-state index >= 15 is 0 Å². The first kappa shape index (κ1) is 11.8. The van der Waals surface area contributed by atoms with Crippen molar-refractivity contribution >= 4 is 10.9 Å². The van der Waals surface area contributed by atoms with Gasteiger partial charge in [-0.15, -0.1) is 0 Å². The Kier molecular flexibility index (Phi) is 2.36. The molecular formula is C16H21NO. The lowest BCUT2D eigenvalue weighted by Crippen LogP contribution is -2.25. The third-order valence-corrected chi connectivity index (χ3v) is 4.09. The maximum atomic E-state index is 10.5. The Balaban J connectivity index is 2.30. The zero-order valence-electron chi connectivity index (χ0n) is 11.6.